The molecule has 0 saturated heterocycles. The van der Waals surface area contributed by atoms with Gasteiger partial charge in [-0.25, -0.2) is 0 Å². The van der Waals surface area contributed by atoms with Gasteiger partial charge in [-0.05, 0) is 31.0 Å². The molecule has 18 heavy (non-hydrogen) atoms. The maximum absolute atomic E-state index is 12.3. The van der Waals surface area contributed by atoms with Crippen molar-refractivity contribution < 1.29 is 14.6 Å². The molecule has 2 rings (SSSR count). The van der Waals surface area contributed by atoms with Crippen LogP contribution in [0.5, 0.6) is 5.75 Å². The molecule has 5 heteroatoms. The van der Waals surface area contributed by atoms with Crippen molar-refractivity contribution in [2.24, 2.45) is 5.41 Å². The highest BCUT2D eigenvalue weighted by Gasteiger charge is 2.51. The van der Waals surface area contributed by atoms with E-state index >= 15 is 0 Å². The molecule has 1 N–H and O–H groups in total. The molecular weight excluding hydrogens is 254 g/mol. The molecular formula is C13H16ClNO3. The number of hydrogen-bond acceptors (Lipinski definition) is 3. The van der Waals surface area contributed by atoms with Gasteiger partial charge in [0.25, 0.3) is 0 Å². The van der Waals surface area contributed by atoms with Gasteiger partial charge in [-0.3, -0.25) is 4.79 Å². The minimum atomic E-state index is -0.595. The first-order valence-electron chi connectivity index (χ1n) is 5.76. The number of ether oxygens (including phenoxy) is 1. The fourth-order valence-corrected chi connectivity index (χ4v) is 2.15. The SMILES string of the molecule is COc1ccc(Cl)cc1N(C)C(=O)C1(CO)CC1. The highest BCUT2D eigenvalue weighted by atomic mass is 35.5. The second-order valence-electron chi connectivity index (χ2n) is 4.62. The number of carbonyl (C=O) groups excluding carboxylic acids is 1. The summed E-state index contributed by atoms with van der Waals surface area (Å²) in [6.07, 6.45) is 1.46. The molecule has 0 unspecified atom stereocenters. The largest absolute Gasteiger partial charge is 0.495 e. The zero-order valence-corrected chi connectivity index (χ0v) is 11.2. The van der Waals surface area contributed by atoms with Crippen LogP contribution in [0.3, 0.4) is 0 Å². The van der Waals surface area contributed by atoms with E-state index in [0.717, 1.165) is 12.8 Å². The number of carbonyl (C=O) groups is 1. The number of amides is 1. The first-order chi connectivity index (χ1) is 8.54. The summed E-state index contributed by atoms with van der Waals surface area (Å²) >= 11 is 5.94. The highest BCUT2D eigenvalue weighted by Crippen LogP contribution is 2.47. The first-order valence-corrected chi connectivity index (χ1v) is 6.14. The van der Waals surface area contributed by atoms with Gasteiger partial charge in [0.1, 0.15) is 5.75 Å². The Morgan fingerprint density at radius 1 is 1.56 bits per heavy atom. The van der Waals surface area contributed by atoms with E-state index in [-0.39, 0.29) is 12.5 Å². The van der Waals surface area contributed by atoms with Crippen molar-refractivity contribution in [3.05, 3.63) is 23.2 Å². The Labute approximate surface area is 111 Å². The van der Waals surface area contributed by atoms with Crippen molar-refractivity contribution in [1.29, 1.82) is 0 Å². The quantitative estimate of drug-likeness (QED) is 0.911. The molecule has 0 atom stereocenters. The molecule has 1 saturated carbocycles. The van der Waals surface area contributed by atoms with Crippen LogP contribution in [0.2, 0.25) is 5.02 Å². The summed E-state index contributed by atoms with van der Waals surface area (Å²) in [5, 5.41) is 9.84. The van der Waals surface area contributed by atoms with Gasteiger partial charge in [0, 0.05) is 12.1 Å². The normalized spacial score (nSPS) is 16.2. The average Bonchev–Trinajstić information content (AvgIpc) is 3.18. The monoisotopic (exact) mass is 269 g/mol. The third-order valence-corrected chi connectivity index (χ3v) is 3.65. The molecule has 1 amide bonds. The molecule has 1 fully saturated rings. The summed E-state index contributed by atoms with van der Waals surface area (Å²) < 4.78 is 5.22. The Morgan fingerprint density at radius 3 is 2.72 bits per heavy atom. The number of aliphatic hydroxyl groups is 1. The molecule has 0 radical (unpaired) electrons. The van der Waals surface area contributed by atoms with Crippen LogP contribution < -0.4 is 9.64 Å². The molecule has 4 nitrogen and oxygen atoms in total. The number of benzene rings is 1. The lowest BCUT2D eigenvalue weighted by atomic mass is 10.1. The van der Waals surface area contributed by atoms with Gasteiger partial charge in [-0.2, -0.15) is 0 Å². The number of hydrogen-bond donors (Lipinski definition) is 1. The van der Waals surface area contributed by atoms with Gasteiger partial charge in [0.15, 0.2) is 0 Å². The zero-order chi connectivity index (χ0) is 13.3. The molecule has 0 spiro atoms. The van der Waals surface area contributed by atoms with Gasteiger partial charge in [0.05, 0.1) is 24.8 Å². The number of anilines is 1. The molecule has 1 aliphatic carbocycles. The molecule has 98 valence electrons. The minimum absolute atomic E-state index is 0.0921. The van der Waals surface area contributed by atoms with Crippen LogP contribution in [0, 0.1) is 5.41 Å². The summed E-state index contributed by atoms with van der Waals surface area (Å²) in [7, 11) is 3.22. The standard InChI is InChI=1S/C13H16ClNO3/c1-15(12(17)13(8-16)5-6-13)10-7-9(14)3-4-11(10)18-2/h3-4,7,16H,5-6,8H2,1-2H3. The van der Waals surface area contributed by atoms with Gasteiger partial charge in [0.2, 0.25) is 5.91 Å². The Balaban J connectivity index is 2.31. The molecule has 0 aromatic heterocycles. The van der Waals surface area contributed by atoms with Crippen molar-refractivity contribution in [2.45, 2.75) is 12.8 Å². The predicted molar refractivity (Wildman–Crippen MR) is 70.2 cm³/mol. The van der Waals surface area contributed by atoms with Gasteiger partial charge in [-0.1, -0.05) is 11.6 Å². The highest BCUT2D eigenvalue weighted by molar-refractivity contribution is 6.31. The van der Waals surface area contributed by atoms with Crippen LogP contribution in [0.25, 0.3) is 0 Å². The van der Waals surface area contributed by atoms with E-state index in [1.54, 1.807) is 32.4 Å². The Kier molecular flexibility index (Phi) is 3.50. The number of halogens is 1. The second kappa shape index (κ2) is 4.78. The molecule has 1 aromatic carbocycles. The molecule has 0 aliphatic heterocycles. The second-order valence-corrected chi connectivity index (χ2v) is 5.06. The fourth-order valence-electron chi connectivity index (χ4n) is 1.98. The van der Waals surface area contributed by atoms with E-state index < -0.39 is 5.41 Å². The number of rotatable bonds is 4. The lowest BCUT2D eigenvalue weighted by molar-refractivity contribution is -0.124. The Morgan fingerprint density at radius 2 is 2.22 bits per heavy atom. The van der Waals surface area contributed by atoms with E-state index in [2.05, 4.69) is 0 Å². The minimum Gasteiger partial charge on any atom is -0.495 e. The van der Waals surface area contributed by atoms with Gasteiger partial charge in [-0.15, -0.1) is 0 Å². The van der Waals surface area contributed by atoms with Crippen LogP contribution in [0.1, 0.15) is 12.8 Å². The van der Waals surface area contributed by atoms with E-state index in [4.69, 9.17) is 16.3 Å². The first kappa shape index (κ1) is 13.2. The van der Waals surface area contributed by atoms with E-state index in [9.17, 15) is 9.90 Å². The van der Waals surface area contributed by atoms with Crippen molar-refractivity contribution >= 4 is 23.2 Å². The van der Waals surface area contributed by atoms with E-state index in [1.807, 2.05) is 0 Å². The molecule has 1 aliphatic rings. The topological polar surface area (TPSA) is 49.8 Å². The maximum atomic E-state index is 12.3. The lowest BCUT2D eigenvalue weighted by Gasteiger charge is -2.24. The molecule has 0 heterocycles. The van der Waals surface area contributed by atoms with Gasteiger partial charge >= 0.3 is 0 Å². The van der Waals surface area contributed by atoms with Crippen LogP contribution in [0.4, 0.5) is 5.69 Å². The average molecular weight is 270 g/mol. The number of methoxy groups -OCH3 is 1. The number of nitrogens with zero attached hydrogens (tertiary/aromatic N) is 1. The third kappa shape index (κ3) is 2.18. The zero-order valence-electron chi connectivity index (χ0n) is 10.4. The summed E-state index contributed by atoms with van der Waals surface area (Å²) in [4.78, 5) is 13.8. The summed E-state index contributed by atoms with van der Waals surface area (Å²) in [5.41, 5.74) is 0.0250. The maximum Gasteiger partial charge on any atom is 0.235 e. The van der Waals surface area contributed by atoms with E-state index in [0.29, 0.717) is 16.5 Å². The van der Waals surface area contributed by atoms with Crippen LogP contribution in [-0.4, -0.2) is 31.8 Å². The van der Waals surface area contributed by atoms with Crippen LogP contribution >= 0.6 is 11.6 Å². The van der Waals surface area contributed by atoms with Crippen LogP contribution in [0.15, 0.2) is 18.2 Å². The lowest BCUT2D eigenvalue weighted by Crippen LogP contribution is -2.36. The summed E-state index contributed by atoms with van der Waals surface area (Å²) in [6, 6.07) is 5.12. The Bertz CT molecular complexity index is 471. The van der Waals surface area contributed by atoms with Crippen molar-refractivity contribution in [3.63, 3.8) is 0 Å². The van der Waals surface area contributed by atoms with Gasteiger partial charge < -0.3 is 14.7 Å². The van der Waals surface area contributed by atoms with Crippen molar-refractivity contribution in [1.82, 2.24) is 0 Å². The molecule has 0 bridgehead atoms. The molecule has 1 aromatic rings. The third-order valence-electron chi connectivity index (χ3n) is 3.42. The van der Waals surface area contributed by atoms with E-state index in [1.165, 1.54) is 4.90 Å². The predicted octanol–water partition coefficient (Wildman–Crippen LogP) is 2.08. The fraction of sp³-hybridized carbons (Fsp3) is 0.462. The number of aliphatic hydroxyl groups excluding tert-OH is 1. The summed E-state index contributed by atoms with van der Waals surface area (Å²) in [6.45, 7) is -0.112. The van der Waals surface area contributed by atoms with Crippen molar-refractivity contribution in [3.8, 4) is 5.75 Å². The smallest absolute Gasteiger partial charge is 0.235 e. The van der Waals surface area contributed by atoms with Crippen LogP contribution in [-0.2, 0) is 4.79 Å². The Hall–Kier alpha value is -1.26. The summed E-state index contributed by atoms with van der Waals surface area (Å²) in [5.74, 6) is 0.495. The van der Waals surface area contributed by atoms with Crippen molar-refractivity contribution in [2.75, 3.05) is 25.7 Å².